The summed E-state index contributed by atoms with van der Waals surface area (Å²) >= 11 is 0. The third kappa shape index (κ3) is 2.48. The van der Waals surface area contributed by atoms with E-state index in [2.05, 4.69) is 4.74 Å². The molecule has 0 spiro atoms. The summed E-state index contributed by atoms with van der Waals surface area (Å²) in [4.78, 5) is 9.19. The topological polar surface area (TPSA) is 78.4 Å². The molecule has 0 saturated heterocycles. The number of anilines is 1. The minimum Gasteiger partial charge on any atom is -0.432 e. The Morgan fingerprint density at radius 2 is 2.07 bits per heavy atom. The zero-order valence-corrected chi connectivity index (χ0v) is 7.12. The predicted octanol–water partition coefficient (Wildman–Crippen LogP) is 1.92. The van der Waals surface area contributed by atoms with Gasteiger partial charge in [-0.2, -0.15) is 13.2 Å². The minimum atomic E-state index is -3.18. The van der Waals surface area contributed by atoms with Gasteiger partial charge in [0.15, 0.2) is 5.75 Å². The van der Waals surface area contributed by atoms with Crippen molar-refractivity contribution >= 4 is 11.4 Å². The van der Waals surface area contributed by atoms with E-state index in [1.165, 1.54) is 0 Å². The van der Waals surface area contributed by atoms with Crippen LogP contribution in [-0.2, 0) is 0 Å². The Hall–Kier alpha value is -1.99. The molecule has 0 aliphatic carbocycles. The summed E-state index contributed by atoms with van der Waals surface area (Å²) in [5.41, 5.74) is 3.71. The fourth-order valence-electron chi connectivity index (χ4n) is 0.896. The van der Waals surface area contributed by atoms with Gasteiger partial charge in [-0.1, -0.05) is 0 Å². The van der Waals surface area contributed by atoms with E-state index in [0.717, 1.165) is 0 Å². The first kappa shape index (κ1) is 11.1. The van der Waals surface area contributed by atoms with Crippen molar-refractivity contribution in [2.24, 2.45) is 0 Å². The molecule has 0 aliphatic rings. The average molecular weight is 222 g/mol. The molecule has 5 nitrogen and oxygen atoms in total. The van der Waals surface area contributed by atoms with E-state index in [4.69, 9.17) is 5.73 Å². The summed E-state index contributed by atoms with van der Waals surface area (Å²) in [6.07, 6.45) is 0. The second-order valence-corrected chi connectivity index (χ2v) is 2.48. The molecule has 0 radical (unpaired) electrons. The Morgan fingerprint density at radius 1 is 1.47 bits per heavy atom. The summed E-state index contributed by atoms with van der Waals surface area (Å²) in [7, 11) is 0. The van der Waals surface area contributed by atoms with Crippen LogP contribution in [0.25, 0.3) is 0 Å². The lowest BCUT2D eigenvalue weighted by Crippen LogP contribution is -2.06. The smallest absolute Gasteiger partial charge is 0.387 e. The number of nitrogen functional groups attached to an aromatic ring is 1. The molecule has 1 rings (SSSR count). The normalized spacial score (nSPS) is 10.4. The first-order chi connectivity index (χ1) is 6.91. The van der Waals surface area contributed by atoms with Crippen LogP contribution in [-0.4, -0.2) is 11.5 Å². The highest BCUT2D eigenvalue weighted by atomic mass is 19.3. The number of benzene rings is 1. The van der Waals surface area contributed by atoms with Gasteiger partial charge in [0.05, 0.1) is 16.7 Å². The summed E-state index contributed by atoms with van der Waals surface area (Å²) in [5.74, 6) is -1.84. The van der Waals surface area contributed by atoms with Crippen LogP contribution in [0.15, 0.2) is 12.1 Å². The van der Waals surface area contributed by atoms with E-state index in [9.17, 15) is 23.3 Å². The van der Waals surface area contributed by atoms with Crippen LogP contribution in [0.3, 0.4) is 0 Å². The number of nitro benzene ring substituents is 1. The van der Waals surface area contributed by atoms with Crippen molar-refractivity contribution in [3.8, 4) is 5.75 Å². The lowest BCUT2D eigenvalue weighted by molar-refractivity contribution is -0.387. The van der Waals surface area contributed by atoms with Crippen LogP contribution in [0.5, 0.6) is 5.75 Å². The molecule has 8 heteroatoms. The van der Waals surface area contributed by atoms with E-state index < -0.39 is 34.5 Å². The van der Waals surface area contributed by atoms with Crippen molar-refractivity contribution in [2.45, 2.75) is 6.61 Å². The maximum atomic E-state index is 12.9. The number of hydrogen-bond acceptors (Lipinski definition) is 4. The highest BCUT2D eigenvalue weighted by Crippen LogP contribution is 2.30. The molecule has 0 unspecified atom stereocenters. The van der Waals surface area contributed by atoms with Crippen molar-refractivity contribution in [3.05, 3.63) is 28.1 Å². The highest BCUT2D eigenvalue weighted by Gasteiger charge is 2.19. The zero-order valence-electron chi connectivity index (χ0n) is 7.12. The lowest BCUT2D eigenvalue weighted by atomic mass is 10.2. The van der Waals surface area contributed by atoms with Gasteiger partial charge in [0.2, 0.25) is 5.82 Å². The van der Waals surface area contributed by atoms with Crippen LogP contribution < -0.4 is 10.5 Å². The molecule has 1 aromatic carbocycles. The Balaban J connectivity index is 3.17. The number of ether oxygens (including phenoxy) is 1. The monoisotopic (exact) mass is 222 g/mol. The van der Waals surface area contributed by atoms with E-state index in [-0.39, 0.29) is 0 Å². The van der Waals surface area contributed by atoms with Crippen LogP contribution in [0.2, 0.25) is 0 Å². The Labute approximate surface area is 81.4 Å². The van der Waals surface area contributed by atoms with Gasteiger partial charge in [-0.15, -0.1) is 0 Å². The molecule has 0 bridgehead atoms. The molecule has 0 aromatic heterocycles. The SMILES string of the molecule is Nc1cc(F)c([N+](=O)[O-])cc1OC(F)F. The number of alkyl halides is 2. The van der Waals surface area contributed by atoms with Crippen LogP contribution in [0, 0.1) is 15.9 Å². The first-order valence-corrected chi connectivity index (χ1v) is 3.60. The fourth-order valence-corrected chi connectivity index (χ4v) is 0.896. The highest BCUT2D eigenvalue weighted by molar-refractivity contribution is 5.58. The third-order valence-corrected chi connectivity index (χ3v) is 1.49. The Morgan fingerprint density at radius 3 is 2.53 bits per heavy atom. The average Bonchev–Trinajstić information content (AvgIpc) is 2.08. The van der Waals surface area contributed by atoms with Gasteiger partial charge in [0, 0.05) is 6.07 Å². The number of nitro groups is 1. The van der Waals surface area contributed by atoms with Crippen LogP contribution in [0.4, 0.5) is 24.5 Å². The molecular weight excluding hydrogens is 217 g/mol. The molecule has 82 valence electrons. The number of halogens is 3. The van der Waals surface area contributed by atoms with Gasteiger partial charge in [0.25, 0.3) is 0 Å². The zero-order chi connectivity index (χ0) is 11.6. The molecule has 1 aromatic rings. The molecule has 2 N–H and O–H groups in total. The maximum absolute atomic E-state index is 12.9. The van der Waals surface area contributed by atoms with E-state index >= 15 is 0 Å². The molecule has 0 amide bonds. The van der Waals surface area contributed by atoms with Crippen molar-refractivity contribution < 1.29 is 22.8 Å². The molecule has 0 atom stereocenters. The predicted molar refractivity (Wildman–Crippen MR) is 44.1 cm³/mol. The Bertz CT molecular complexity index is 397. The Kier molecular flexibility index (Phi) is 2.98. The van der Waals surface area contributed by atoms with Gasteiger partial charge in [-0.3, -0.25) is 10.1 Å². The largest absolute Gasteiger partial charge is 0.432 e. The molecular formula is C7H5F3N2O3. The third-order valence-electron chi connectivity index (χ3n) is 1.49. The summed E-state index contributed by atoms with van der Waals surface area (Å²) < 4.78 is 40.3. The lowest BCUT2D eigenvalue weighted by Gasteiger charge is -2.07. The van der Waals surface area contributed by atoms with Gasteiger partial charge in [-0.05, 0) is 0 Å². The van der Waals surface area contributed by atoms with Crippen molar-refractivity contribution in [1.82, 2.24) is 0 Å². The molecule has 15 heavy (non-hydrogen) atoms. The van der Waals surface area contributed by atoms with Crippen molar-refractivity contribution in [2.75, 3.05) is 5.73 Å². The number of rotatable bonds is 3. The second kappa shape index (κ2) is 4.03. The van der Waals surface area contributed by atoms with Crippen LogP contribution in [0.1, 0.15) is 0 Å². The number of nitrogens with two attached hydrogens (primary N) is 1. The van der Waals surface area contributed by atoms with Gasteiger partial charge < -0.3 is 10.5 Å². The van der Waals surface area contributed by atoms with E-state index in [1.54, 1.807) is 0 Å². The van der Waals surface area contributed by atoms with Crippen molar-refractivity contribution in [1.29, 1.82) is 0 Å². The molecule has 0 saturated carbocycles. The molecule has 0 fully saturated rings. The standard InChI is InChI=1S/C7H5F3N2O3/c8-3-1-4(11)6(15-7(9)10)2-5(3)12(13)14/h1-2,7H,11H2. The van der Waals surface area contributed by atoms with Crippen LogP contribution >= 0.6 is 0 Å². The minimum absolute atomic E-state index is 0.432. The second-order valence-electron chi connectivity index (χ2n) is 2.48. The van der Waals surface area contributed by atoms with Crippen molar-refractivity contribution in [3.63, 3.8) is 0 Å². The fraction of sp³-hybridized carbons (Fsp3) is 0.143. The summed E-state index contributed by atoms with van der Waals surface area (Å²) in [6.45, 7) is -3.18. The maximum Gasteiger partial charge on any atom is 0.387 e. The van der Waals surface area contributed by atoms with E-state index in [0.29, 0.717) is 12.1 Å². The van der Waals surface area contributed by atoms with E-state index in [1.807, 2.05) is 0 Å². The number of hydrogen-bond donors (Lipinski definition) is 1. The van der Waals surface area contributed by atoms with Gasteiger partial charge in [0.1, 0.15) is 0 Å². The number of nitrogens with zero attached hydrogens (tertiary/aromatic N) is 1. The molecule has 0 heterocycles. The van der Waals surface area contributed by atoms with Gasteiger partial charge in [-0.25, -0.2) is 0 Å². The van der Waals surface area contributed by atoms with Gasteiger partial charge >= 0.3 is 12.3 Å². The summed E-state index contributed by atoms with van der Waals surface area (Å²) in [5, 5.41) is 10.3. The first-order valence-electron chi connectivity index (χ1n) is 3.60. The quantitative estimate of drug-likeness (QED) is 0.481. The summed E-state index contributed by atoms with van der Waals surface area (Å²) in [6, 6.07) is 1.06. The molecule has 0 aliphatic heterocycles.